The quantitative estimate of drug-likeness (QED) is 0.379. The fourth-order valence-corrected chi connectivity index (χ4v) is 4.17. The van der Waals surface area contributed by atoms with E-state index in [-0.39, 0.29) is 36.0 Å². The number of likely N-dealkylation sites (N-methyl/N-ethyl adjacent to an activating group) is 1. The van der Waals surface area contributed by atoms with Crippen molar-refractivity contribution in [3.05, 3.63) is 34.9 Å². The third-order valence-corrected chi connectivity index (χ3v) is 5.70. The minimum absolute atomic E-state index is 0. The minimum atomic E-state index is -0.185. The molecule has 0 heterocycles. The zero-order chi connectivity index (χ0) is 17.9. The van der Waals surface area contributed by atoms with Crippen molar-refractivity contribution < 1.29 is 38.0 Å². The van der Waals surface area contributed by atoms with Crippen LogP contribution in [-0.4, -0.2) is 43.2 Å². The second kappa shape index (κ2) is 9.36. The number of rotatable bonds is 5. The zero-order valence-electron chi connectivity index (χ0n) is 16.6. The van der Waals surface area contributed by atoms with Crippen LogP contribution in [0.15, 0.2) is 18.2 Å². The fraction of sp³-hybridized carbons (Fsp3) is 0.667. The Kier molecular flexibility index (Phi) is 8.39. The molecule has 25 heavy (non-hydrogen) atoms. The molecule has 1 aromatic rings. The molecule has 0 aromatic heterocycles. The lowest BCUT2D eigenvalue weighted by molar-refractivity contribution is -0.919. The average Bonchev–Trinajstić information content (AvgIpc) is 2.46. The van der Waals surface area contributed by atoms with Crippen LogP contribution < -0.4 is 24.0 Å². The molecule has 0 bridgehead atoms. The molecule has 0 saturated heterocycles. The Morgan fingerprint density at radius 3 is 2.20 bits per heavy atom. The summed E-state index contributed by atoms with van der Waals surface area (Å²) in [5.74, 6) is 0.677. The molecule has 1 aromatic carbocycles. The highest BCUT2D eigenvalue weighted by atomic mass is 127. The van der Waals surface area contributed by atoms with Gasteiger partial charge in [-0.25, -0.2) is 4.79 Å². The minimum Gasteiger partial charge on any atom is -1.00 e. The molecule has 0 amide bonds. The number of ether oxygens (including phenoxy) is 1. The van der Waals surface area contributed by atoms with E-state index in [1.165, 1.54) is 25.7 Å². The van der Waals surface area contributed by atoms with E-state index in [0.29, 0.717) is 6.04 Å². The maximum absolute atomic E-state index is 12.6. The van der Waals surface area contributed by atoms with Gasteiger partial charge in [-0.05, 0) is 63.5 Å². The number of esters is 1. The number of aryl methyl sites for hydroxylation is 2. The normalized spacial score (nSPS) is 22.0. The highest BCUT2D eigenvalue weighted by molar-refractivity contribution is 5.92. The Hall–Kier alpha value is -0.620. The van der Waals surface area contributed by atoms with Gasteiger partial charge in [-0.15, -0.1) is 0 Å². The first kappa shape index (κ1) is 22.4. The highest BCUT2D eigenvalue weighted by Gasteiger charge is 2.33. The Labute approximate surface area is 170 Å². The van der Waals surface area contributed by atoms with Crippen LogP contribution in [0.2, 0.25) is 0 Å². The summed E-state index contributed by atoms with van der Waals surface area (Å²) in [6.45, 7) is 9.19. The molecule has 0 radical (unpaired) electrons. The van der Waals surface area contributed by atoms with Gasteiger partial charge in [0.15, 0.2) is 0 Å². The summed E-state index contributed by atoms with van der Waals surface area (Å²) >= 11 is 0. The van der Waals surface area contributed by atoms with Gasteiger partial charge in [0.1, 0.15) is 12.6 Å². The Bertz CT molecular complexity index is 557. The Balaban J connectivity index is 0.00000312. The number of hydrogen-bond acceptors (Lipinski definition) is 2. The van der Waals surface area contributed by atoms with Gasteiger partial charge in [0, 0.05) is 0 Å². The predicted molar refractivity (Wildman–Crippen MR) is 99.2 cm³/mol. The standard InChI is InChI=1S/C21H34NO2.HI/c1-15-10-12-19(13-11-15)22(5,6)14-18(4)24-21(23)20-16(2)8-7-9-17(20)3;/h7-9,15,18-19H,10-14H2,1-6H3;1H/q+1;/p-1. The van der Waals surface area contributed by atoms with E-state index in [2.05, 4.69) is 21.0 Å². The van der Waals surface area contributed by atoms with Gasteiger partial charge in [-0.3, -0.25) is 0 Å². The number of benzene rings is 1. The lowest BCUT2D eigenvalue weighted by Gasteiger charge is -2.42. The molecule has 1 unspecified atom stereocenters. The zero-order valence-corrected chi connectivity index (χ0v) is 18.8. The smallest absolute Gasteiger partial charge is 0.339 e. The molecule has 2 rings (SSSR count). The van der Waals surface area contributed by atoms with Gasteiger partial charge in [0.25, 0.3) is 0 Å². The first-order valence-corrected chi connectivity index (χ1v) is 9.30. The average molecular weight is 459 g/mol. The van der Waals surface area contributed by atoms with Crippen LogP contribution in [0.25, 0.3) is 0 Å². The van der Waals surface area contributed by atoms with Crippen LogP contribution >= 0.6 is 0 Å². The van der Waals surface area contributed by atoms with E-state index >= 15 is 0 Å². The van der Waals surface area contributed by atoms with Crippen LogP contribution in [-0.2, 0) is 4.74 Å². The van der Waals surface area contributed by atoms with Gasteiger partial charge in [0.05, 0.1) is 25.7 Å². The number of carbonyl (C=O) groups is 1. The second-order valence-corrected chi connectivity index (χ2v) is 8.36. The number of carbonyl (C=O) groups excluding carboxylic acids is 1. The van der Waals surface area contributed by atoms with Crippen molar-refractivity contribution in [3.63, 3.8) is 0 Å². The maximum Gasteiger partial charge on any atom is 0.339 e. The van der Waals surface area contributed by atoms with Gasteiger partial charge in [0.2, 0.25) is 0 Å². The summed E-state index contributed by atoms with van der Waals surface area (Å²) in [6, 6.07) is 6.60. The number of quaternary nitrogens is 1. The van der Waals surface area contributed by atoms with Gasteiger partial charge < -0.3 is 33.2 Å². The SMILES string of the molecule is Cc1cccc(C)c1C(=O)OC(C)C[N+](C)(C)C1CCC(C)CC1.[I-]. The van der Waals surface area contributed by atoms with E-state index in [1.54, 1.807) is 0 Å². The highest BCUT2D eigenvalue weighted by Crippen LogP contribution is 2.30. The molecule has 0 aliphatic heterocycles. The first-order chi connectivity index (χ1) is 11.2. The lowest BCUT2D eigenvalue weighted by Crippen LogP contribution is -3.00. The summed E-state index contributed by atoms with van der Waals surface area (Å²) in [5, 5.41) is 0. The van der Waals surface area contributed by atoms with Crippen molar-refractivity contribution in [2.75, 3.05) is 20.6 Å². The van der Waals surface area contributed by atoms with Crippen molar-refractivity contribution in [1.82, 2.24) is 0 Å². The topological polar surface area (TPSA) is 26.3 Å². The van der Waals surface area contributed by atoms with Crippen LogP contribution in [0.1, 0.15) is 61.0 Å². The van der Waals surface area contributed by atoms with E-state index in [0.717, 1.165) is 33.6 Å². The Morgan fingerprint density at radius 2 is 1.68 bits per heavy atom. The summed E-state index contributed by atoms with van der Waals surface area (Å²) in [6.07, 6.45) is 5.13. The molecule has 1 aliphatic carbocycles. The van der Waals surface area contributed by atoms with Gasteiger partial charge >= 0.3 is 5.97 Å². The lowest BCUT2D eigenvalue weighted by atomic mass is 9.86. The number of hydrogen-bond donors (Lipinski definition) is 0. The molecule has 0 N–H and O–H groups in total. The molecule has 1 aliphatic rings. The third kappa shape index (κ3) is 5.95. The Morgan fingerprint density at radius 1 is 1.16 bits per heavy atom. The summed E-state index contributed by atoms with van der Waals surface area (Å²) in [5.41, 5.74) is 2.70. The van der Waals surface area contributed by atoms with Crippen molar-refractivity contribution in [1.29, 1.82) is 0 Å². The third-order valence-electron chi connectivity index (χ3n) is 5.70. The van der Waals surface area contributed by atoms with Crippen LogP contribution in [0.4, 0.5) is 0 Å². The molecule has 3 nitrogen and oxygen atoms in total. The monoisotopic (exact) mass is 459 g/mol. The molecular weight excluding hydrogens is 425 g/mol. The van der Waals surface area contributed by atoms with Crippen LogP contribution in [0.5, 0.6) is 0 Å². The molecular formula is C21H34INO2. The second-order valence-electron chi connectivity index (χ2n) is 8.36. The van der Waals surface area contributed by atoms with Gasteiger partial charge in [-0.1, -0.05) is 25.1 Å². The predicted octanol–water partition coefficient (Wildman–Crippen LogP) is 1.51. The van der Waals surface area contributed by atoms with Gasteiger partial charge in [-0.2, -0.15) is 0 Å². The van der Waals surface area contributed by atoms with E-state index in [1.807, 2.05) is 39.0 Å². The summed E-state index contributed by atoms with van der Waals surface area (Å²) in [7, 11) is 4.56. The summed E-state index contributed by atoms with van der Waals surface area (Å²) < 4.78 is 6.73. The molecule has 1 atom stereocenters. The molecule has 142 valence electrons. The van der Waals surface area contributed by atoms with Crippen LogP contribution in [0, 0.1) is 19.8 Å². The largest absolute Gasteiger partial charge is 1.00 e. The van der Waals surface area contributed by atoms with Crippen molar-refractivity contribution in [2.24, 2.45) is 5.92 Å². The van der Waals surface area contributed by atoms with Crippen molar-refractivity contribution in [3.8, 4) is 0 Å². The van der Waals surface area contributed by atoms with E-state index < -0.39 is 0 Å². The van der Waals surface area contributed by atoms with Crippen molar-refractivity contribution >= 4 is 5.97 Å². The van der Waals surface area contributed by atoms with Crippen molar-refractivity contribution in [2.45, 2.75) is 65.5 Å². The molecule has 0 spiro atoms. The molecule has 1 fully saturated rings. The van der Waals surface area contributed by atoms with E-state index in [4.69, 9.17) is 4.74 Å². The number of nitrogens with zero attached hydrogens (tertiary/aromatic N) is 1. The fourth-order valence-electron chi connectivity index (χ4n) is 4.17. The maximum atomic E-state index is 12.6. The summed E-state index contributed by atoms with van der Waals surface area (Å²) in [4.78, 5) is 12.6. The molecule has 1 saturated carbocycles. The first-order valence-electron chi connectivity index (χ1n) is 9.30. The number of halogens is 1. The van der Waals surface area contributed by atoms with E-state index in [9.17, 15) is 4.79 Å². The molecule has 4 heteroatoms. The van der Waals surface area contributed by atoms with Crippen LogP contribution in [0.3, 0.4) is 0 Å².